The number of nitrogens with one attached hydrogen (secondary N) is 2. The SMILES string of the molecule is Cc1cccc(N2CCN(CCCCNC(=O)CNC(=O)c3cc(C)oc3C)CC2)c1. The molecule has 1 aromatic carbocycles. The van der Waals surface area contributed by atoms with E-state index >= 15 is 0 Å². The van der Waals surface area contributed by atoms with Gasteiger partial charge in [-0.25, -0.2) is 0 Å². The van der Waals surface area contributed by atoms with Crippen LogP contribution in [0.1, 0.15) is 40.3 Å². The number of piperazine rings is 1. The van der Waals surface area contributed by atoms with Crippen LogP contribution in [-0.4, -0.2) is 62.5 Å². The Morgan fingerprint density at radius 3 is 2.45 bits per heavy atom. The standard InChI is InChI=1S/C24H34N4O3/c1-18-7-6-8-21(15-18)28-13-11-27(12-14-28)10-5-4-9-25-23(29)17-26-24(30)22-16-19(2)31-20(22)3/h6-8,15-16H,4-5,9-14,17H2,1-3H3,(H,25,29)(H,26,30). The van der Waals surface area contributed by atoms with Gasteiger partial charge in [-0.2, -0.15) is 0 Å². The van der Waals surface area contributed by atoms with Gasteiger partial charge in [-0.15, -0.1) is 0 Å². The summed E-state index contributed by atoms with van der Waals surface area (Å²) >= 11 is 0. The number of furan rings is 1. The normalized spacial score (nSPS) is 14.5. The Morgan fingerprint density at radius 1 is 1.00 bits per heavy atom. The Labute approximate surface area is 184 Å². The third kappa shape index (κ3) is 6.85. The second-order valence-electron chi connectivity index (χ2n) is 8.23. The number of aryl methyl sites for hydroxylation is 3. The molecule has 0 spiro atoms. The number of unbranched alkanes of at least 4 members (excludes halogenated alkanes) is 1. The van der Waals surface area contributed by atoms with Crippen molar-refractivity contribution in [2.24, 2.45) is 0 Å². The van der Waals surface area contributed by atoms with Crippen molar-refractivity contribution in [2.75, 3.05) is 50.7 Å². The molecule has 0 bridgehead atoms. The maximum atomic E-state index is 12.1. The quantitative estimate of drug-likeness (QED) is 0.603. The van der Waals surface area contributed by atoms with Crippen molar-refractivity contribution in [3.05, 3.63) is 53.0 Å². The molecule has 7 heteroatoms. The first-order valence-corrected chi connectivity index (χ1v) is 11.1. The Bertz CT molecular complexity index is 885. The number of rotatable bonds is 9. The van der Waals surface area contributed by atoms with Gasteiger partial charge in [-0.3, -0.25) is 14.5 Å². The maximum absolute atomic E-state index is 12.1. The molecule has 2 heterocycles. The van der Waals surface area contributed by atoms with E-state index in [-0.39, 0.29) is 18.4 Å². The van der Waals surface area contributed by atoms with Gasteiger partial charge in [0.1, 0.15) is 11.5 Å². The van der Waals surface area contributed by atoms with E-state index in [1.807, 2.05) is 0 Å². The molecule has 0 aliphatic carbocycles. The first-order valence-electron chi connectivity index (χ1n) is 11.1. The molecule has 0 saturated carbocycles. The Kier molecular flexibility index (Phi) is 8.12. The number of carbonyl (C=O) groups is 2. The molecule has 0 unspecified atom stereocenters. The summed E-state index contributed by atoms with van der Waals surface area (Å²) in [6.07, 6.45) is 1.97. The van der Waals surface area contributed by atoms with Gasteiger partial charge in [-0.1, -0.05) is 12.1 Å². The summed E-state index contributed by atoms with van der Waals surface area (Å²) in [7, 11) is 0. The fraction of sp³-hybridized carbons (Fsp3) is 0.500. The van der Waals surface area contributed by atoms with Gasteiger partial charge in [-0.05, 0) is 63.9 Å². The van der Waals surface area contributed by atoms with Crippen molar-refractivity contribution >= 4 is 17.5 Å². The third-order valence-corrected chi connectivity index (χ3v) is 5.66. The monoisotopic (exact) mass is 426 g/mol. The lowest BCUT2D eigenvalue weighted by atomic mass is 10.2. The van der Waals surface area contributed by atoms with Crippen LogP contribution in [-0.2, 0) is 4.79 Å². The van der Waals surface area contributed by atoms with E-state index < -0.39 is 0 Å². The molecule has 0 atom stereocenters. The van der Waals surface area contributed by atoms with Crippen LogP contribution in [0, 0.1) is 20.8 Å². The Morgan fingerprint density at radius 2 is 1.77 bits per heavy atom. The summed E-state index contributed by atoms with van der Waals surface area (Å²) in [6, 6.07) is 10.4. The molecule has 3 rings (SSSR count). The Balaban J connectivity index is 1.25. The highest BCUT2D eigenvalue weighted by Gasteiger charge is 2.17. The maximum Gasteiger partial charge on any atom is 0.255 e. The number of anilines is 1. The topological polar surface area (TPSA) is 77.8 Å². The average molecular weight is 427 g/mol. The van der Waals surface area contributed by atoms with Crippen LogP contribution in [0.15, 0.2) is 34.7 Å². The molecule has 1 saturated heterocycles. The lowest BCUT2D eigenvalue weighted by molar-refractivity contribution is -0.120. The molecule has 168 valence electrons. The molecule has 7 nitrogen and oxygen atoms in total. The van der Waals surface area contributed by atoms with Crippen molar-refractivity contribution in [1.82, 2.24) is 15.5 Å². The van der Waals surface area contributed by atoms with Crippen LogP contribution in [0.5, 0.6) is 0 Å². The first-order chi connectivity index (χ1) is 14.9. The van der Waals surface area contributed by atoms with E-state index in [1.54, 1.807) is 19.9 Å². The fourth-order valence-corrected chi connectivity index (χ4v) is 3.92. The highest BCUT2D eigenvalue weighted by atomic mass is 16.3. The lowest BCUT2D eigenvalue weighted by Gasteiger charge is -2.36. The van der Waals surface area contributed by atoms with Crippen LogP contribution in [0.3, 0.4) is 0 Å². The van der Waals surface area contributed by atoms with Gasteiger partial charge >= 0.3 is 0 Å². The number of benzene rings is 1. The van der Waals surface area contributed by atoms with E-state index in [2.05, 4.69) is 51.6 Å². The highest BCUT2D eigenvalue weighted by Crippen LogP contribution is 2.18. The summed E-state index contributed by atoms with van der Waals surface area (Å²) in [4.78, 5) is 29.0. The fourth-order valence-electron chi connectivity index (χ4n) is 3.92. The van der Waals surface area contributed by atoms with Crippen molar-refractivity contribution < 1.29 is 14.0 Å². The lowest BCUT2D eigenvalue weighted by Crippen LogP contribution is -2.46. The van der Waals surface area contributed by atoms with Gasteiger partial charge < -0.3 is 20.0 Å². The van der Waals surface area contributed by atoms with Gasteiger partial charge in [0.25, 0.3) is 5.91 Å². The summed E-state index contributed by atoms with van der Waals surface area (Å²) in [6.45, 7) is 11.6. The summed E-state index contributed by atoms with van der Waals surface area (Å²) in [5.41, 5.74) is 3.09. The molecular formula is C24H34N4O3. The predicted octanol–water partition coefficient (Wildman–Crippen LogP) is 2.65. The minimum atomic E-state index is -0.283. The number of nitrogens with zero attached hydrogens (tertiary/aromatic N) is 2. The van der Waals surface area contributed by atoms with Crippen LogP contribution < -0.4 is 15.5 Å². The predicted molar refractivity (Wildman–Crippen MR) is 123 cm³/mol. The minimum absolute atomic E-state index is 0.0244. The number of carbonyl (C=O) groups excluding carboxylic acids is 2. The molecule has 2 amide bonds. The number of amides is 2. The molecule has 1 aliphatic heterocycles. The zero-order valence-corrected chi connectivity index (χ0v) is 18.9. The second kappa shape index (κ2) is 11.0. The summed E-state index contributed by atoms with van der Waals surface area (Å²) < 4.78 is 5.35. The smallest absolute Gasteiger partial charge is 0.255 e. The zero-order chi connectivity index (χ0) is 22.2. The Hall–Kier alpha value is -2.80. The van der Waals surface area contributed by atoms with E-state index in [9.17, 15) is 9.59 Å². The molecule has 0 radical (unpaired) electrons. The van der Waals surface area contributed by atoms with Crippen molar-refractivity contribution in [3.63, 3.8) is 0 Å². The second-order valence-corrected chi connectivity index (χ2v) is 8.23. The average Bonchev–Trinajstić information content (AvgIpc) is 3.10. The van der Waals surface area contributed by atoms with Crippen molar-refractivity contribution in [3.8, 4) is 0 Å². The van der Waals surface area contributed by atoms with Crippen LogP contribution in [0.4, 0.5) is 5.69 Å². The molecule has 1 aliphatic rings. The van der Waals surface area contributed by atoms with Crippen molar-refractivity contribution in [2.45, 2.75) is 33.6 Å². The highest BCUT2D eigenvalue weighted by molar-refractivity contribution is 5.97. The molecule has 2 aromatic rings. The largest absolute Gasteiger partial charge is 0.466 e. The summed E-state index contributed by atoms with van der Waals surface area (Å²) in [5.74, 6) is 0.797. The van der Waals surface area contributed by atoms with Crippen molar-refractivity contribution in [1.29, 1.82) is 0 Å². The van der Waals surface area contributed by atoms with Gasteiger partial charge in [0.15, 0.2) is 0 Å². The van der Waals surface area contributed by atoms with E-state index in [4.69, 9.17) is 4.42 Å². The van der Waals surface area contributed by atoms with Crippen LogP contribution >= 0.6 is 0 Å². The zero-order valence-electron chi connectivity index (χ0n) is 18.9. The molecule has 31 heavy (non-hydrogen) atoms. The molecule has 2 N–H and O–H groups in total. The minimum Gasteiger partial charge on any atom is -0.466 e. The van der Waals surface area contributed by atoms with E-state index in [0.717, 1.165) is 45.6 Å². The molecule has 1 fully saturated rings. The van der Waals surface area contributed by atoms with Gasteiger partial charge in [0.2, 0.25) is 5.91 Å². The van der Waals surface area contributed by atoms with E-state index in [0.29, 0.717) is 23.6 Å². The number of hydrogen-bond donors (Lipinski definition) is 2. The number of hydrogen-bond acceptors (Lipinski definition) is 5. The third-order valence-electron chi connectivity index (χ3n) is 5.66. The van der Waals surface area contributed by atoms with Gasteiger partial charge in [0, 0.05) is 38.4 Å². The van der Waals surface area contributed by atoms with Crippen LogP contribution in [0.25, 0.3) is 0 Å². The van der Waals surface area contributed by atoms with E-state index in [1.165, 1.54) is 11.3 Å². The molecular weight excluding hydrogens is 392 g/mol. The summed E-state index contributed by atoms with van der Waals surface area (Å²) in [5, 5.41) is 5.52. The van der Waals surface area contributed by atoms with Gasteiger partial charge in [0.05, 0.1) is 12.1 Å². The van der Waals surface area contributed by atoms with Crippen LogP contribution in [0.2, 0.25) is 0 Å². The first kappa shape index (κ1) is 22.9. The molecule has 1 aromatic heterocycles.